The molecule has 0 saturated carbocycles. The first kappa shape index (κ1) is 18.4. The van der Waals surface area contributed by atoms with Gasteiger partial charge in [-0.1, -0.05) is 29.4 Å². The topological polar surface area (TPSA) is 60.5 Å². The second kappa shape index (κ2) is 8.37. The molecule has 0 atom stereocenters. The normalized spacial score (nSPS) is 12.9. The molecule has 1 aliphatic heterocycles. The van der Waals surface area contributed by atoms with Crippen molar-refractivity contribution < 1.29 is 14.3 Å². The van der Waals surface area contributed by atoms with Crippen molar-refractivity contribution in [1.82, 2.24) is 10.3 Å². The standard InChI is InChI=1S/C19H17ClN2O3S2/c20-13-2-4-17-14(10-13)22-19(27-17)26-11-18(23)21-6-5-12-1-3-15-16(9-12)25-8-7-24-15/h1-4,9-10H,5-8,11H2,(H,21,23). The molecule has 0 fully saturated rings. The summed E-state index contributed by atoms with van der Waals surface area (Å²) in [6.07, 6.45) is 0.743. The van der Waals surface area contributed by atoms with E-state index in [2.05, 4.69) is 10.3 Å². The molecule has 3 aromatic rings. The third kappa shape index (κ3) is 4.66. The maximum Gasteiger partial charge on any atom is 0.230 e. The van der Waals surface area contributed by atoms with Crippen LogP contribution in [0, 0.1) is 0 Å². The number of ether oxygens (including phenoxy) is 2. The number of thiazole rings is 1. The number of nitrogens with zero attached hydrogens (tertiary/aromatic N) is 1. The van der Waals surface area contributed by atoms with E-state index in [1.807, 2.05) is 36.4 Å². The first-order valence-electron chi connectivity index (χ1n) is 8.51. The zero-order valence-electron chi connectivity index (χ0n) is 14.4. The average molecular weight is 421 g/mol. The van der Waals surface area contributed by atoms with Gasteiger partial charge in [-0.2, -0.15) is 0 Å². The van der Waals surface area contributed by atoms with Crippen molar-refractivity contribution in [2.45, 2.75) is 10.8 Å². The average Bonchev–Trinajstić information content (AvgIpc) is 3.08. The molecule has 0 aliphatic carbocycles. The van der Waals surface area contributed by atoms with Crippen LogP contribution in [0.4, 0.5) is 0 Å². The number of halogens is 1. The lowest BCUT2D eigenvalue weighted by Crippen LogP contribution is -2.27. The first-order chi connectivity index (χ1) is 13.2. The molecule has 1 aromatic heterocycles. The molecule has 0 spiro atoms. The molecule has 1 aliphatic rings. The summed E-state index contributed by atoms with van der Waals surface area (Å²) in [7, 11) is 0. The molecule has 2 aromatic carbocycles. The highest BCUT2D eigenvalue weighted by molar-refractivity contribution is 8.01. The van der Waals surface area contributed by atoms with Crippen molar-refractivity contribution in [3.63, 3.8) is 0 Å². The van der Waals surface area contributed by atoms with Crippen molar-refractivity contribution in [1.29, 1.82) is 0 Å². The maximum absolute atomic E-state index is 12.1. The van der Waals surface area contributed by atoms with Gasteiger partial charge in [0.05, 0.1) is 16.0 Å². The highest BCUT2D eigenvalue weighted by atomic mass is 35.5. The van der Waals surface area contributed by atoms with Gasteiger partial charge in [0.2, 0.25) is 5.91 Å². The van der Waals surface area contributed by atoms with Gasteiger partial charge < -0.3 is 14.8 Å². The quantitative estimate of drug-likeness (QED) is 0.606. The van der Waals surface area contributed by atoms with Crippen LogP contribution in [0.3, 0.4) is 0 Å². The molecule has 5 nitrogen and oxygen atoms in total. The van der Waals surface area contributed by atoms with Gasteiger partial charge in [0.15, 0.2) is 15.8 Å². The Morgan fingerprint density at radius 3 is 2.93 bits per heavy atom. The van der Waals surface area contributed by atoms with Gasteiger partial charge in [-0.25, -0.2) is 4.98 Å². The van der Waals surface area contributed by atoms with E-state index in [4.69, 9.17) is 21.1 Å². The Kier molecular flexibility index (Phi) is 5.71. The number of carbonyl (C=O) groups is 1. The number of fused-ring (bicyclic) bond motifs is 2. The Labute approximate surface area is 170 Å². The molecule has 0 bridgehead atoms. The van der Waals surface area contributed by atoms with E-state index in [-0.39, 0.29) is 5.91 Å². The molecule has 4 rings (SSSR count). The fraction of sp³-hybridized carbons (Fsp3) is 0.263. The fourth-order valence-corrected chi connectivity index (χ4v) is 4.75. The number of carbonyl (C=O) groups excluding carboxylic acids is 1. The Morgan fingerprint density at radius 1 is 1.19 bits per heavy atom. The molecule has 140 valence electrons. The van der Waals surface area contributed by atoms with Gasteiger partial charge in [0.25, 0.3) is 0 Å². The lowest BCUT2D eigenvalue weighted by molar-refractivity contribution is -0.118. The number of hydrogen-bond acceptors (Lipinski definition) is 6. The number of aromatic nitrogens is 1. The molecule has 0 unspecified atom stereocenters. The minimum Gasteiger partial charge on any atom is -0.486 e. The van der Waals surface area contributed by atoms with E-state index >= 15 is 0 Å². The van der Waals surface area contributed by atoms with E-state index in [0.717, 1.165) is 38.0 Å². The van der Waals surface area contributed by atoms with Gasteiger partial charge in [-0.05, 0) is 42.3 Å². The SMILES string of the molecule is O=C(CSc1nc2cc(Cl)ccc2s1)NCCc1ccc2c(c1)OCCO2. The van der Waals surface area contributed by atoms with Crippen molar-refractivity contribution in [3.05, 3.63) is 47.0 Å². The second-order valence-electron chi connectivity index (χ2n) is 5.96. The van der Waals surface area contributed by atoms with Gasteiger partial charge in [0.1, 0.15) is 13.2 Å². The van der Waals surface area contributed by atoms with Crippen LogP contribution in [0.2, 0.25) is 5.02 Å². The fourth-order valence-electron chi connectivity index (χ4n) is 2.71. The van der Waals surface area contributed by atoms with Gasteiger partial charge in [0, 0.05) is 11.6 Å². The lowest BCUT2D eigenvalue weighted by atomic mass is 10.1. The summed E-state index contributed by atoms with van der Waals surface area (Å²) in [4.78, 5) is 16.6. The predicted octanol–water partition coefficient (Wildman–Crippen LogP) is 4.17. The van der Waals surface area contributed by atoms with Crippen LogP contribution in [-0.2, 0) is 11.2 Å². The van der Waals surface area contributed by atoms with Gasteiger partial charge in [-0.3, -0.25) is 4.79 Å². The molecule has 27 heavy (non-hydrogen) atoms. The zero-order valence-corrected chi connectivity index (χ0v) is 16.8. The van der Waals surface area contributed by atoms with Crippen LogP contribution >= 0.6 is 34.7 Å². The van der Waals surface area contributed by atoms with Crippen LogP contribution in [0.25, 0.3) is 10.2 Å². The highest BCUT2D eigenvalue weighted by Gasteiger charge is 2.12. The second-order valence-corrected chi connectivity index (χ2v) is 8.65. The van der Waals surface area contributed by atoms with Crippen LogP contribution < -0.4 is 14.8 Å². The van der Waals surface area contributed by atoms with Crippen LogP contribution in [0.5, 0.6) is 11.5 Å². The van der Waals surface area contributed by atoms with Crippen LogP contribution in [-0.4, -0.2) is 36.4 Å². The molecule has 1 N–H and O–H groups in total. The largest absolute Gasteiger partial charge is 0.486 e. The Hall–Kier alpha value is -1.96. The van der Waals surface area contributed by atoms with E-state index in [9.17, 15) is 4.79 Å². The van der Waals surface area contributed by atoms with E-state index in [0.29, 0.717) is 30.5 Å². The predicted molar refractivity (Wildman–Crippen MR) is 109 cm³/mol. The van der Waals surface area contributed by atoms with Crippen molar-refractivity contribution in [2.75, 3.05) is 25.5 Å². The molecule has 8 heteroatoms. The number of rotatable bonds is 6. The zero-order chi connectivity index (χ0) is 18.6. The third-order valence-electron chi connectivity index (χ3n) is 4.00. The smallest absolute Gasteiger partial charge is 0.230 e. The molecule has 1 amide bonds. The van der Waals surface area contributed by atoms with E-state index in [1.54, 1.807) is 11.3 Å². The monoisotopic (exact) mass is 420 g/mol. The van der Waals surface area contributed by atoms with Gasteiger partial charge >= 0.3 is 0 Å². The van der Waals surface area contributed by atoms with Crippen molar-refractivity contribution >= 4 is 50.8 Å². The highest BCUT2D eigenvalue weighted by Crippen LogP contribution is 2.31. The molecule has 0 radical (unpaired) electrons. The van der Waals surface area contributed by atoms with Gasteiger partial charge in [-0.15, -0.1) is 11.3 Å². The Morgan fingerprint density at radius 2 is 2.04 bits per heavy atom. The third-order valence-corrected chi connectivity index (χ3v) is 6.41. The minimum atomic E-state index is -0.00479. The molecule has 0 saturated heterocycles. The maximum atomic E-state index is 12.1. The summed E-state index contributed by atoms with van der Waals surface area (Å²) in [6, 6.07) is 11.5. The summed E-state index contributed by atoms with van der Waals surface area (Å²) in [5, 5.41) is 3.62. The molecular formula is C19H17ClN2O3S2. The first-order valence-corrected chi connectivity index (χ1v) is 10.7. The number of amides is 1. The summed E-state index contributed by atoms with van der Waals surface area (Å²) in [6.45, 7) is 1.73. The van der Waals surface area contributed by atoms with Crippen LogP contribution in [0.1, 0.15) is 5.56 Å². The summed E-state index contributed by atoms with van der Waals surface area (Å²) in [5.41, 5.74) is 1.98. The van der Waals surface area contributed by atoms with Crippen molar-refractivity contribution in [2.24, 2.45) is 0 Å². The van der Waals surface area contributed by atoms with Crippen molar-refractivity contribution in [3.8, 4) is 11.5 Å². The molecular weight excluding hydrogens is 404 g/mol. The number of thioether (sulfide) groups is 1. The van der Waals surface area contributed by atoms with Crippen LogP contribution in [0.15, 0.2) is 40.7 Å². The molecule has 2 heterocycles. The number of nitrogens with one attached hydrogen (secondary N) is 1. The lowest BCUT2D eigenvalue weighted by Gasteiger charge is -2.18. The minimum absolute atomic E-state index is 0.00479. The number of benzene rings is 2. The Bertz CT molecular complexity index is 977. The number of hydrogen-bond donors (Lipinski definition) is 1. The summed E-state index contributed by atoms with van der Waals surface area (Å²) >= 11 is 8.99. The van der Waals surface area contributed by atoms with E-state index < -0.39 is 0 Å². The summed E-state index contributed by atoms with van der Waals surface area (Å²) in [5.74, 6) is 1.89. The van der Waals surface area contributed by atoms with E-state index in [1.165, 1.54) is 11.8 Å². The Balaban J connectivity index is 1.24. The summed E-state index contributed by atoms with van der Waals surface area (Å²) < 4.78 is 13.0.